The number of ether oxygens (including phenoxy) is 2. The molecule has 84 valence electrons. The van der Waals surface area contributed by atoms with E-state index < -0.39 is 0 Å². The minimum absolute atomic E-state index is 0.179. The van der Waals surface area contributed by atoms with E-state index in [1.54, 1.807) is 13.2 Å². The molecule has 0 bridgehead atoms. The van der Waals surface area contributed by atoms with Crippen molar-refractivity contribution in [1.29, 1.82) is 0 Å². The highest BCUT2D eigenvalue weighted by Crippen LogP contribution is 2.27. The average molecular weight is 209 g/mol. The lowest BCUT2D eigenvalue weighted by Gasteiger charge is -2.18. The molecule has 1 aromatic carbocycles. The summed E-state index contributed by atoms with van der Waals surface area (Å²) in [5, 5.41) is 0. The standard InChI is InChI=1S/C12H19NO2/c1-8(2)9(3)15-10-5-6-11(13)12(7-10)14-4/h5-9H,13H2,1-4H3. The molecule has 0 saturated carbocycles. The second-order valence-electron chi connectivity index (χ2n) is 3.97. The van der Waals surface area contributed by atoms with Crippen molar-refractivity contribution in [3.05, 3.63) is 18.2 Å². The van der Waals surface area contributed by atoms with E-state index in [2.05, 4.69) is 13.8 Å². The van der Waals surface area contributed by atoms with Gasteiger partial charge in [0.2, 0.25) is 0 Å². The molecule has 0 radical (unpaired) electrons. The van der Waals surface area contributed by atoms with Crippen LogP contribution in [0.2, 0.25) is 0 Å². The van der Waals surface area contributed by atoms with Crippen LogP contribution in [-0.2, 0) is 0 Å². The molecule has 0 amide bonds. The van der Waals surface area contributed by atoms with E-state index in [1.807, 2.05) is 19.1 Å². The van der Waals surface area contributed by atoms with Crippen LogP contribution in [0.1, 0.15) is 20.8 Å². The third-order valence-electron chi connectivity index (χ3n) is 2.47. The first-order valence-electron chi connectivity index (χ1n) is 5.14. The van der Waals surface area contributed by atoms with Crippen molar-refractivity contribution in [3.8, 4) is 11.5 Å². The Labute approximate surface area is 91.2 Å². The Morgan fingerprint density at radius 2 is 1.87 bits per heavy atom. The summed E-state index contributed by atoms with van der Waals surface area (Å²) in [4.78, 5) is 0. The Bertz CT molecular complexity index is 323. The highest BCUT2D eigenvalue weighted by atomic mass is 16.5. The fourth-order valence-electron chi connectivity index (χ4n) is 1.12. The van der Waals surface area contributed by atoms with Gasteiger partial charge in [-0.25, -0.2) is 0 Å². The summed E-state index contributed by atoms with van der Waals surface area (Å²) in [6.07, 6.45) is 0.179. The van der Waals surface area contributed by atoms with Gasteiger partial charge in [0.1, 0.15) is 11.5 Å². The van der Waals surface area contributed by atoms with Gasteiger partial charge in [-0.3, -0.25) is 0 Å². The highest BCUT2D eigenvalue weighted by molar-refractivity contribution is 5.55. The number of rotatable bonds is 4. The fourth-order valence-corrected chi connectivity index (χ4v) is 1.12. The smallest absolute Gasteiger partial charge is 0.145 e. The van der Waals surface area contributed by atoms with Crippen LogP contribution in [0.15, 0.2) is 18.2 Å². The summed E-state index contributed by atoms with van der Waals surface area (Å²) in [6.45, 7) is 6.30. The topological polar surface area (TPSA) is 44.5 Å². The molecule has 0 aliphatic rings. The van der Waals surface area contributed by atoms with E-state index in [1.165, 1.54) is 0 Å². The zero-order valence-corrected chi connectivity index (χ0v) is 9.78. The maximum absolute atomic E-state index is 5.74. The molecule has 0 heterocycles. The van der Waals surface area contributed by atoms with E-state index in [0.29, 0.717) is 17.4 Å². The molecule has 0 aliphatic carbocycles. The van der Waals surface area contributed by atoms with E-state index in [4.69, 9.17) is 15.2 Å². The zero-order chi connectivity index (χ0) is 11.4. The second kappa shape index (κ2) is 4.91. The van der Waals surface area contributed by atoms with Crippen LogP contribution < -0.4 is 15.2 Å². The highest BCUT2D eigenvalue weighted by Gasteiger charge is 2.09. The van der Waals surface area contributed by atoms with Gasteiger partial charge in [-0.1, -0.05) is 13.8 Å². The van der Waals surface area contributed by atoms with Gasteiger partial charge in [0, 0.05) is 6.07 Å². The third kappa shape index (κ3) is 3.05. The van der Waals surface area contributed by atoms with Crippen LogP contribution in [0.3, 0.4) is 0 Å². The predicted molar refractivity (Wildman–Crippen MR) is 62.3 cm³/mol. The van der Waals surface area contributed by atoms with Gasteiger partial charge in [0.15, 0.2) is 0 Å². The van der Waals surface area contributed by atoms with Gasteiger partial charge < -0.3 is 15.2 Å². The van der Waals surface area contributed by atoms with E-state index in [0.717, 1.165) is 5.75 Å². The summed E-state index contributed by atoms with van der Waals surface area (Å²) < 4.78 is 10.9. The van der Waals surface area contributed by atoms with Gasteiger partial charge in [0.25, 0.3) is 0 Å². The van der Waals surface area contributed by atoms with Crippen LogP contribution in [0.25, 0.3) is 0 Å². The Kier molecular flexibility index (Phi) is 3.83. The monoisotopic (exact) mass is 209 g/mol. The number of benzene rings is 1. The minimum Gasteiger partial charge on any atom is -0.494 e. The molecule has 15 heavy (non-hydrogen) atoms. The van der Waals surface area contributed by atoms with Crippen molar-refractivity contribution in [2.24, 2.45) is 5.92 Å². The van der Waals surface area contributed by atoms with Gasteiger partial charge in [-0.2, -0.15) is 0 Å². The number of nitrogen functional groups attached to an aromatic ring is 1. The molecule has 2 N–H and O–H groups in total. The molecule has 1 rings (SSSR count). The van der Waals surface area contributed by atoms with Crippen molar-refractivity contribution >= 4 is 5.69 Å². The molecule has 0 spiro atoms. The van der Waals surface area contributed by atoms with Gasteiger partial charge in [0.05, 0.1) is 18.9 Å². The molecular weight excluding hydrogens is 190 g/mol. The van der Waals surface area contributed by atoms with E-state index in [-0.39, 0.29) is 6.10 Å². The van der Waals surface area contributed by atoms with Gasteiger partial charge in [-0.15, -0.1) is 0 Å². The molecular formula is C12H19NO2. The first-order valence-corrected chi connectivity index (χ1v) is 5.14. The molecule has 3 nitrogen and oxygen atoms in total. The van der Waals surface area contributed by atoms with Crippen molar-refractivity contribution in [3.63, 3.8) is 0 Å². The maximum atomic E-state index is 5.74. The molecule has 1 aromatic rings. The lowest BCUT2D eigenvalue weighted by molar-refractivity contribution is 0.170. The summed E-state index contributed by atoms with van der Waals surface area (Å²) in [6, 6.07) is 5.46. The summed E-state index contributed by atoms with van der Waals surface area (Å²) in [5.74, 6) is 1.93. The van der Waals surface area contributed by atoms with Gasteiger partial charge in [-0.05, 0) is 25.0 Å². The molecule has 0 fully saturated rings. The average Bonchev–Trinajstić information content (AvgIpc) is 2.20. The largest absolute Gasteiger partial charge is 0.494 e. The molecule has 0 saturated heterocycles. The number of nitrogens with two attached hydrogens (primary N) is 1. The lowest BCUT2D eigenvalue weighted by Crippen LogP contribution is -2.18. The van der Waals surface area contributed by atoms with Crippen molar-refractivity contribution in [1.82, 2.24) is 0 Å². The van der Waals surface area contributed by atoms with Crippen LogP contribution in [0.5, 0.6) is 11.5 Å². The normalized spacial score (nSPS) is 12.6. The van der Waals surface area contributed by atoms with Crippen molar-refractivity contribution in [2.45, 2.75) is 26.9 Å². The molecule has 1 atom stereocenters. The number of anilines is 1. The minimum atomic E-state index is 0.179. The third-order valence-corrected chi connectivity index (χ3v) is 2.47. The molecule has 3 heteroatoms. The lowest BCUT2D eigenvalue weighted by atomic mass is 10.1. The summed E-state index contributed by atoms with van der Waals surface area (Å²) >= 11 is 0. The first kappa shape index (κ1) is 11.7. The molecule has 0 aromatic heterocycles. The second-order valence-corrected chi connectivity index (χ2v) is 3.97. The quantitative estimate of drug-likeness (QED) is 0.775. The predicted octanol–water partition coefficient (Wildman–Crippen LogP) is 2.70. The van der Waals surface area contributed by atoms with Crippen molar-refractivity contribution in [2.75, 3.05) is 12.8 Å². The number of hydrogen-bond acceptors (Lipinski definition) is 3. The van der Waals surface area contributed by atoms with Crippen LogP contribution in [-0.4, -0.2) is 13.2 Å². The number of methoxy groups -OCH3 is 1. The van der Waals surface area contributed by atoms with Crippen molar-refractivity contribution < 1.29 is 9.47 Å². The van der Waals surface area contributed by atoms with E-state index >= 15 is 0 Å². The molecule has 0 aliphatic heterocycles. The molecule has 1 unspecified atom stereocenters. The number of hydrogen-bond donors (Lipinski definition) is 1. The summed E-state index contributed by atoms with van der Waals surface area (Å²) in [7, 11) is 1.60. The fraction of sp³-hybridized carbons (Fsp3) is 0.500. The van der Waals surface area contributed by atoms with Crippen LogP contribution in [0, 0.1) is 5.92 Å². The maximum Gasteiger partial charge on any atom is 0.145 e. The zero-order valence-electron chi connectivity index (χ0n) is 9.78. The Morgan fingerprint density at radius 1 is 1.20 bits per heavy atom. The first-order chi connectivity index (χ1) is 7.04. The Morgan fingerprint density at radius 3 is 2.40 bits per heavy atom. The Hall–Kier alpha value is -1.38. The van der Waals surface area contributed by atoms with Crippen LogP contribution in [0.4, 0.5) is 5.69 Å². The van der Waals surface area contributed by atoms with Crippen LogP contribution >= 0.6 is 0 Å². The van der Waals surface area contributed by atoms with Gasteiger partial charge >= 0.3 is 0 Å². The summed E-state index contributed by atoms with van der Waals surface area (Å²) in [5.41, 5.74) is 6.34. The SMILES string of the molecule is COc1cc(OC(C)C(C)C)ccc1N. The van der Waals surface area contributed by atoms with E-state index in [9.17, 15) is 0 Å². The Balaban J connectivity index is 2.78.